The van der Waals surface area contributed by atoms with Crippen molar-refractivity contribution in [2.75, 3.05) is 39.3 Å². The summed E-state index contributed by atoms with van der Waals surface area (Å²) in [5.74, 6) is 0.219. The van der Waals surface area contributed by atoms with Crippen molar-refractivity contribution in [1.82, 2.24) is 14.7 Å². The molecule has 5 nitrogen and oxygen atoms in total. The van der Waals surface area contributed by atoms with Gasteiger partial charge in [0.05, 0.1) is 18.1 Å². The molecule has 3 saturated heterocycles. The molecule has 4 rings (SSSR count). The molecule has 0 radical (unpaired) electrons. The van der Waals surface area contributed by atoms with Crippen molar-refractivity contribution in [3.8, 4) is 0 Å². The van der Waals surface area contributed by atoms with Crippen LogP contribution in [0, 0.1) is 0 Å². The number of hydrogen-bond acceptors (Lipinski definition) is 4. The second kappa shape index (κ2) is 6.14. The number of carbonyl (C=O) groups excluding carboxylic acids is 1. The fourth-order valence-electron chi connectivity index (χ4n) is 4.76. The lowest BCUT2D eigenvalue weighted by Gasteiger charge is -2.61. The van der Waals surface area contributed by atoms with E-state index in [9.17, 15) is 9.90 Å². The van der Waals surface area contributed by atoms with Crippen LogP contribution in [0.15, 0.2) is 30.3 Å². The molecule has 3 aliphatic heterocycles. The third-order valence-electron chi connectivity index (χ3n) is 5.96. The first kappa shape index (κ1) is 16.1. The van der Waals surface area contributed by atoms with Crippen LogP contribution in [0.1, 0.15) is 18.9 Å². The maximum Gasteiger partial charge on any atom is 0.227 e. The Bertz CT molecular complexity index is 600. The lowest BCUT2D eigenvalue weighted by molar-refractivity contribution is -0.155. The smallest absolute Gasteiger partial charge is 0.227 e. The Hall–Kier alpha value is -1.43. The molecule has 2 atom stereocenters. The minimum absolute atomic E-state index is 0.0583. The van der Waals surface area contributed by atoms with Gasteiger partial charge >= 0.3 is 0 Å². The molecular formula is C19H27N3O2. The highest BCUT2D eigenvalue weighted by Crippen LogP contribution is 2.38. The number of hydrogen-bond donors (Lipinski definition) is 1. The number of fused-ring (bicyclic) bond motifs is 2. The number of likely N-dealkylation sites (N-methyl/N-ethyl adjacent to an activating group) is 1. The van der Waals surface area contributed by atoms with Crippen molar-refractivity contribution in [2.45, 2.75) is 37.5 Å². The first-order valence-corrected chi connectivity index (χ1v) is 9.08. The molecule has 3 fully saturated rings. The topological polar surface area (TPSA) is 47.0 Å². The van der Waals surface area contributed by atoms with Crippen molar-refractivity contribution < 1.29 is 9.90 Å². The van der Waals surface area contributed by atoms with Crippen molar-refractivity contribution in [2.24, 2.45) is 0 Å². The van der Waals surface area contributed by atoms with E-state index < -0.39 is 0 Å². The monoisotopic (exact) mass is 329 g/mol. The molecule has 1 spiro atoms. The Morgan fingerprint density at radius 3 is 2.67 bits per heavy atom. The number of amides is 1. The number of piperazine rings is 1. The zero-order valence-corrected chi connectivity index (χ0v) is 14.4. The third kappa shape index (κ3) is 2.75. The lowest BCUT2D eigenvalue weighted by Crippen LogP contribution is -2.78. The van der Waals surface area contributed by atoms with Crippen LogP contribution in [0.3, 0.4) is 0 Å². The van der Waals surface area contributed by atoms with Crippen LogP contribution in [0.25, 0.3) is 0 Å². The molecule has 130 valence electrons. The van der Waals surface area contributed by atoms with E-state index in [-0.39, 0.29) is 17.6 Å². The predicted molar refractivity (Wildman–Crippen MR) is 92.7 cm³/mol. The van der Waals surface area contributed by atoms with Gasteiger partial charge in [-0.25, -0.2) is 0 Å². The summed E-state index contributed by atoms with van der Waals surface area (Å²) in [5.41, 5.74) is 1.14. The minimum Gasteiger partial charge on any atom is -0.392 e. The van der Waals surface area contributed by atoms with Crippen LogP contribution in [0.5, 0.6) is 0 Å². The molecule has 3 aliphatic rings. The van der Waals surface area contributed by atoms with Crippen molar-refractivity contribution in [1.29, 1.82) is 0 Å². The molecule has 1 aromatic carbocycles. The molecule has 1 N–H and O–H groups in total. The van der Waals surface area contributed by atoms with Crippen LogP contribution in [0.2, 0.25) is 0 Å². The van der Waals surface area contributed by atoms with Gasteiger partial charge in [-0.1, -0.05) is 37.3 Å². The zero-order valence-electron chi connectivity index (χ0n) is 14.4. The van der Waals surface area contributed by atoms with Gasteiger partial charge in [-0.15, -0.1) is 0 Å². The number of likely N-dealkylation sites (tertiary alicyclic amines) is 1. The Kier molecular flexibility index (Phi) is 4.11. The average molecular weight is 329 g/mol. The molecule has 3 heterocycles. The molecule has 5 heteroatoms. The number of carbonyl (C=O) groups is 1. The van der Waals surface area contributed by atoms with Crippen molar-refractivity contribution in [3.05, 3.63) is 35.9 Å². The van der Waals surface area contributed by atoms with Gasteiger partial charge in [-0.05, 0) is 18.5 Å². The normalized spacial score (nSPS) is 29.5. The Morgan fingerprint density at radius 1 is 1.21 bits per heavy atom. The van der Waals surface area contributed by atoms with Gasteiger partial charge in [-0.2, -0.15) is 0 Å². The summed E-state index contributed by atoms with van der Waals surface area (Å²) >= 11 is 0. The number of aliphatic hydroxyl groups is 1. The van der Waals surface area contributed by atoms with Crippen LogP contribution < -0.4 is 0 Å². The lowest BCUT2D eigenvalue weighted by atomic mass is 9.83. The SMILES string of the molecule is CCN1CC2CC(O)CN2C2(C1)CN(C(=O)Cc1ccccc1)C2. The van der Waals surface area contributed by atoms with Crippen LogP contribution in [-0.4, -0.2) is 82.7 Å². The number of β-amino-alcohol motifs (C(OH)–C–C–N with tert-alkyl or cyclic N) is 1. The van der Waals surface area contributed by atoms with E-state index in [0.717, 1.165) is 51.3 Å². The fourth-order valence-corrected chi connectivity index (χ4v) is 4.76. The second-order valence-corrected chi connectivity index (χ2v) is 7.66. The molecule has 0 aliphatic carbocycles. The van der Waals surface area contributed by atoms with E-state index in [1.54, 1.807) is 0 Å². The van der Waals surface area contributed by atoms with E-state index >= 15 is 0 Å². The Morgan fingerprint density at radius 2 is 1.96 bits per heavy atom. The van der Waals surface area contributed by atoms with Gasteiger partial charge in [0.2, 0.25) is 5.91 Å². The van der Waals surface area contributed by atoms with E-state index in [4.69, 9.17) is 0 Å². The number of benzene rings is 1. The van der Waals surface area contributed by atoms with Crippen molar-refractivity contribution in [3.63, 3.8) is 0 Å². The van der Waals surface area contributed by atoms with Gasteiger partial charge in [0.15, 0.2) is 0 Å². The summed E-state index contributed by atoms with van der Waals surface area (Å²) in [6.45, 7) is 7.68. The van der Waals surface area contributed by atoms with Gasteiger partial charge in [0, 0.05) is 38.8 Å². The molecule has 1 amide bonds. The maximum atomic E-state index is 12.6. The highest BCUT2D eigenvalue weighted by atomic mass is 16.3. The Balaban J connectivity index is 1.43. The molecule has 0 bridgehead atoms. The van der Waals surface area contributed by atoms with E-state index in [0.29, 0.717) is 12.5 Å². The number of rotatable bonds is 3. The van der Waals surface area contributed by atoms with E-state index in [1.165, 1.54) is 0 Å². The predicted octanol–water partition coefficient (Wildman–Crippen LogP) is 0.581. The minimum atomic E-state index is -0.210. The standard InChI is InChI=1S/C19H27N3O2/c1-2-20-10-16-9-17(23)11-22(16)19(12-20)13-21(14-19)18(24)8-15-6-4-3-5-7-15/h3-7,16-17,23H,2,8-14H2,1H3. The molecule has 0 saturated carbocycles. The second-order valence-electron chi connectivity index (χ2n) is 7.66. The number of aliphatic hydroxyl groups excluding tert-OH is 1. The van der Waals surface area contributed by atoms with Crippen LogP contribution in [0.4, 0.5) is 0 Å². The van der Waals surface area contributed by atoms with Crippen LogP contribution in [-0.2, 0) is 11.2 Å². The molecular weight excluding hydrogens is 302 g/mol. The molecule has 2 unspecified atom stereocenters. The van der Waals surface area contributed by atoms with Gasteiger partial charge in [0.1, 0.15) is 0 Å². The first-order valence-electron chi connectivity index (χ1n) is 9.08. The fraction of sp³-hybridized carbons (Fsp3) is 0.632. The largest absolute Gasteiger partial charge is 0.392 e. The highest BCUT2D eigenvalue weighted by Gasteiger charge is 2.56. The quantitative estimate of drug-likeness (QED) is 0.881. The van der Waals surface area contributed by atoms with Gasteiger partial charge in [0.25, 0.3) is 0 Å². The van der Waals surface area contributed by atoms with Gasteiger partial charge in [-0.3, -0.25) is 9.69 Å². The molecule has 24 heavy (non-hydrogen) atoms. The van der Waals surface area contributed by atoms with E-state index in [2.05, 4.69) is 16.7 Å². The first-order chi connectivity index (χ1) is 11.6. The van der Waals surface area contributed by atoms with Crippen LogP contribution >= 0.6 is 0 Å². The van der Waals surface area contributed by atoms with Crippen molar-refractivity contribution >= 4 is 5.91 Å². The summed E-state index contributed by atoms with van der Waals surface area (Å²) in [7, 11) is 0. The summed E-state index contributed by atoms with van der Waals surface area (Å²) in [5, 5.41) is 10.1. The summed E-state index contributed by atoms with van der Waals surface area (Å²) in [4.78, 5) is 19.5. The summed E-state index contributed by atoms with van der Waals surface area (Å²) in [6, 6.07) is 10.4. The maximum absolute atomic E-state index is 12.6. The highest BCUT2D eigenvalue weighted by molar-refractivity contribution is 5.80. The summed E-state index contributed by atoms with van der Waals surface area (Å²) in [6.07, 6.45) is 1.15. The number of nitrogens with zero attached hydrogens (tertiary/aromatic N) is 3. The average Bonchev–Trinajstić information content (AvgIpc) is 2.92. The zero-order chi connectivity index (χ0) is 16.7. The molecule has 1 aromatic rings. The van der Waals surface area contributed by atoms with Gasteiger partial charge < -0.3 is 14.9 Å². The van der Waals surface area contributed by atoms with E-state index in [1.807, 2.05) is 35.2 Å². The molecule has 0 aromatic heterocycles. The summed E-state index contributed by atoms with van der Waals surface area (Å²) < 4.78 is 0. The third-order valence-corrected chi connectivity index (χ3v) is 5.96. The Labute approximate surface area is 143 Å².